The molecule has 0 saturated heterocycles. The average Bonchev–Trinajstić information content (AvgIpc) is 2.32. The highest BCUT2D eigenvalue weighted by molar-refractivity contribution is 5.68. The lowest BCUT2D eigenvalue weighted by atomic mass is 10.1. The Morgan fingerprint density at radius 3 is 2.50 bits per heavy atom. The number of nitrogens with two attached hydrogens (primary N) is 1. The number of benzene rings is 2. The second-order valence-electron chi connectivity index (χ2n) is 5.40. The summed E-state index contributed by atoms with van der Waals surface area (Å²) in [6, 6.07) is 12.1. The maximum atomic E-state index is 5.94. The predicted molar refractivity (Wildman–Crippen MR) is 85.8 cm³/mol. The van der Waals surface area contributed by atoms with Gasteiger partial charge in [-0.2, -0.15) is 0 Å². The quantitative estimate of drug-likeness (QED) is 0.809. The van der Waals surface area contributed by atoms with E-state index in [2.05, 4.69) is 37.4 Å². The Morgan fingerprint density at radius 1 is 1.05 bits per heavy atom. The van der Waals surface area contributed by atoms with Crippen LogP contribution in [0.1, 0.15) is 25.0 Å². The third kappa shape index (κ3) is 3.67. The van der Waals surface area contributed by atoms with Gasteiger partial charge in [-0.15, -0.1) is 0 Å². The second-order valence-corrected chi connectivity index (χ2v) is 5.40. The van der Waals surface area contributed by atoms with E-state index in [0.29, 0.717) is 5.69 Å². The predicted octanol–water partition coefficient (Wildman–Crippen LogP) is 4.42. The first kappa shape index (κ1) is 14.3. The molecule has 0 saturated carbocycles. The number of nitrogens with one attached hydrogen (secondary N) is 1. The molecular weight excluding hydrogens is 248 g/mol. The highest BCUT2D eigenvalue weighted by atomic mass is 16.5. The monoisotopic (exact) mass is 270 g/mol. The van der Waals surface area contributed by atoms with E-state index in [0.717, 1.165) is 17.1 Å². The molecule has 0 fully saturated rings. The van der Waals surface area contributed by atoms with Gasteiger partial charge in [-0.3, -0.25) is 0 Å². The van der Waals surface area contributed by atoms with E-state index in [9.17, 15) is 0 Å². The number of hydrogen-bond acceptors (Lipinski definition) is 3. The normalized spacial score (nSPS) is 10.7. The number of aryl methyl sites for hydroxylation is 2. The molecule has 0 unspecified atom stereocenters. The molecule has 2 rings (SSSR count). The van der Waals surface area contributed by atoms with Crippen molar-refractivity contribution < 1.29 is 4.74 Å². The van der Waals surface area contributed by atoms with E-state index >= 15 is 0 Å². The van der Waals surface area contributed by atoms with Crippen LogP contribution < -0.4 is 15.8 Å². The Balaban J connectivity index is 2.28. The van der Waals surface area contributed by atoms with Gasteiger partial charge in [0.25, 0.3) is 0 Å². The molecular formula is C17H22N2O. The summed E-state index contributed by atoms with van der Waals surface area (Å²) < 4.78 is 5.71. The number of anilines is 3. The van der Waals surface area contributed by atoms with Crippen LogP contribution in [0.4, 0.5) is 17.1 Å². The zero-order valence-corrected chi connectivity index (χ0v) is 12.5. The molecule has 0 amide bonds. The van der Waals surface area contributed by atoms with Gasteiger partial charge in [-0.05, 0) is 51.0 Å². The molecule has 20 heavy (non-hydrogen) atoms. The first-order chi connectivity index (χ1) is 9.44. The van der Waals surface area contributed by atoms with Crippen molar-refractivity contribution in [1.29, 1.82) is 0 Å². The van der Waals surface area contributed by atoms with Crippen LogP contribution in [0.2, 0.25) is 0 Å². The first-order valence-electron chi connectivity index (χ1n) is 6.85. The molecule has 106 valence electrons. The van der Waals surface area contributed by atoms with Crippen molar-refractivity contribution in [2.75, 3.05) is 11.1 Å². The van der Waals surface area contributed by atoms with E-state index in [1.165, 1.54) is 11.1 Å². The van der Waals surface area contributed by atoms with Crippen molar-refractivity contribution in [3.63, 3.8) is 0 Å². The molecule has 0 bridgehead atoms. The zero-order valence-electron chi connectivity index (χ0n) is 12.5. The fourth-order valence-corrected chi connectivity index (χ4v) is 2.06. The molecule has 2 aromatic carbocycles. The third-order valence-corrected chi connectivity index (χ3v) is 2.97. The van der Waals surface area contributed by atoms with E-state index in [1.54, 1.807) is 0 Å². The number of rotatable bonds is 4. The highest BCUT2D eigenvalue weighted by Gasteiger charge is 2.04. The number of hydrogen-bond donors (Lipinski definition) is 2. The summed E-state index contributed by atoms with van der Waals surface area (Å²) in [7, 11) is 0. The second kappa shape index (κ2) is 5.87. The van der Waals surface area contributed by atoms with Crippen LogP contribution in [-0.2, 0) is 0 Å². The third-order valence-electron chi connectivity index (χ3n) is 2.97. The van der Waals surface area contributed by atoms with Gasteiger partial charge in [-0.25, -0.2) is 0 Å². The van der Waals surface area contributed by atoms with Crippen molar-refractivity contribution in [3.05, 3.63) is 47.5 Å². The molecule has 0 radical (unpaired) electrons. The Kier molecular flexibility index (Phi) is 4.18. The summed E-state index contributed by atoms with van der Waals surface area (Å²) in [6.07, 6.45) is 0.130. The van der Waals surface area contributed by atoms with Gasteiger partial charge in [0.1, 0.15) is 5.75 Å². The Morgan fingerprint density at radius 2 is 1.80 bits per heavy atom. The minimum absolute atomic E-state index is 0.130. The van der Waals surface area contributed by atoms with Crippen molar-refractivity contribution in [2.45, 2.75) is 33.8 Å². The van der Waals surface area contributed by atoms with Crippen LogP contribution in [-0.4, -0.2) is 6.10 Å². The standard InChI is InChI=1S/C17H22N2O/c1-11(2)20-16-9-14(18)8-15(10-16)19-17-7-12(3)5-6-13(17)4/h5-11,19H,18H2,1-4H3. The highest BCUT2D eigenvalue weighted by Crippen LogP contribution is 2.27. The lowest BCUT2D eigenvalue weighted by molar-refractivity contribution is 0.242. The molecule has 3 N–H and O–H groups in total. The summed E-state index contributed by atoms with van der Waals surface area (Å²) in [4.78, 5) is 0. The molecule has 0 aliphatic rings. The van der Waals surface area contributed by atoms with E-state index in [-0.39, 0.29) is 6.10 Å². The fourth-order valence-electron chi connectivity index (χ4n) is 2.06. The fraction of sp³-hybridized carbons (Fsp3) is 0.294. The van der Waals surface area contributed by atoms with Crippen molar-refractivity contribution >= 4 is 17.1 Å². The van der Waals surface area contributed by atoms with Crippen LogP contribution in [0, 0.1) is 13.8 Å². The van der Waals surface area contributed by atoms with Crippen LogP contribution >= 0.6 is 0 Å². The Labute approximate surface area is 120 Å². The minimum atomic E-state index is 0.130. The van der Waals surface area contributed by atoms with E-state index in [1.807, 2.05) is 32.0 Å². The SMILES string of the molecule is Cc1ccc(C)c(Nc2cc(N)cc(OC(C)C)c2)c1. The van der Waals surface area contributed by atoms with Gasteiger partial charge >= 0.3 is 0 Å². The molecule has 3 nitrogen and oxygen atoms in total. The van der Waals surface area contributed by atoms with E-state index < -0.39 is 0 Å². The lowest BCUT2D eigenvalue weighted by Gasteiger charge is -2.15. The summed E-state index contributed by atoms with van der Waals surface area (Å²) >= 11 is 0. The van der Waals surface area contributed by atoms with Crippen molar-refractivity contribution in [1.82, 2.24) is 0 Å². The van der Waals surface area contributed by atoms with Gasteiger partial charge in [-0.1, -0.05) is 12.1 Å². The molecule has 0 heterocycles. The maximum Gasteiger partial charge on any atom is 0.123 e. The molecule has 0 atom stereocenters. The molecule has 0 aliphatic carbocycles. The van der Waals surface area contributed by atoms with Gasteiger partial charge in [0.15, 0.2) is 0 Å². The van der Waals surface area contributed by atoms with Gasteiger partial charge in [0, 0.05) is 29.2 Å². The summed E-state index contributed by atoms with van der Waals surface area (Å²) in [5, 5.41) is 3.41. The Bertz CT molecular complexity index is 606. The molecule has 2 aromatic rings. The van der Waals surface area contributed by atoms with Gasteiger partial charge in [0.05, 0.1) is 6.10 Å². The topological polar surface area (TPSA) is 47.3 Å². The minimum Gasteiger partial charge on any atom is -0.491 e. The lowest BCUT2D eigenvalue weighted by Crippen LogP contribution is -2.06. The largest absolute Gasteiger partial charge is 0.491 e. The van der Waals surface area contributed by atoms with Gasteiger partial charge < -0.3 is 15.8 Å². The van der Waals surface area contributed by atoms with Crippen LogP contribution in [0.5, 0.6) is 5.75 Å². The van der Waals surface area contributed by atoms with Crippen molar-refractivity contribution in [3.8, 4) is 5.75 Å². The number of nitrogen functional groups attached to an aromatic ring is 1. The van der Waals surface area contributed by atoms with E-state index in [4.69, 9.17) is 10.5 Å². The van der Waals surface area contributed by atoms with Gasteiger partial charge in [0.2, 0.25) is 0 Å². The smallest absolute Gasteiger partial charge is 0.123 e. The molecule has 0 aromatic heterocycles. The van der Waals surface area contributed by atoms with Crippen LogP contribution in [0.25, 0.3) is 0 Å². The summed E-state index contributed by atoms with van der Waals surface area (Å²) in [6.45, 7) is 8.17. The van der Waals surface area contributed by atoms with Crippen LogP contribution in [0.15, 0.2) is 36.4 Å². The maximum absolute atomic E-state index is 5.94. The molecule has 3 heteroatoms. The molecule has 0 aliphatic heterocycles. The Hall–Kier alpha value is -2.16. The molecule has 0 spiro atoms. The summed E-state index contributed by atoms with van der Waals surface area (Å²) in [5.74, 6) is 0.785. The number of ether oxygens (including phenoxy) is 1. The zero-order chi connectivity index (χ0) is 14.7. The van der Waals surface area contributed by atoms with Crippen LogP contribution in [0.3, 0.4) is 0 Å². The first-order valence-corrected chi connectivity index (χ1v) is 6.85. The average molecular weight is 270 g/mol. The summed E-state index contributed by atoms with van der Waals surface area (Å²) in [5.41, 5.74) is 11.1. The van der Waals surface area contributed by atoms with Crippen molar-refractivity contribution in [2.24, 2.45) is 0 Å².